The largest absolute Gasteiger partial charge is 0.481 e. The van der Waals surface area contributed by atoms with Crippen molar-refractivity contribution in [2.45, 2.75) is 6.92 Å². The van der Waals surface area contributed by atoms with Crippen molar-refractivity contribution in [3.8, 4) is 5.88 Å². The van der Waals surface area contributed by atoms with Gasteiger partial charge in [-0.25, -0.2) is 4.98 Å². The van der Waals surface area contributed by atoms with Gasteiger partial charge in [0.2, 0.25) is 5.88 Å². The molecule has 0 spiro atoms. The van der Waals surface area contributed by atoms with Gasteiger partial charge in [-0.05, 0) is 22.9 Å². The van der Waals surface area contributed by atoms with Crippen LogP contribution < -0.4 is 4.74 Å². The van der Waals surface area contributed by atoms with Crippen LogP contribution in [0.3, 0.4) is 0 Å². The van der Waals surface area contributed by atoms with Gasteiger partial charge in [-0.3, -0.25) is 0 Å². The molecule has 0 amide bonds. The minimum atomic E-state index is 0.583. The van der Waals surface area contributed by atoms with Crippen LogP contribution in [0, 0.1) is 6.92 Å². The lowest BCUT2D eigenvalue weighted by atomic mass is 10.6. The Morgan fingerprint density at radius 1 is 1.50 bits per heavy atom. The Labute approximate surface area is 67.6 Å². The summed E-state index contributed by atoms with van der Waals surface area (Å²) in [7, 11) is 1.58. The molecule has 0 saturated carbocycles. The van der Waals surface area contributed by atoms with Gasteiger partial charge in [-0.2, -0.15) is 4.98 Å². The quantitative estimate of drug-likeness (QED) is 0.649. The molecule has 0 bridgehead atoms. The minimum Gasteiger partial charge on any atom is -0.481 e. The third kappa shape index (κ3) is 1.67. The molecule has 1 heterocycles. The fourth-order valence-electron chi connectivity index (χ4n) is 0.610. The summed E-state index contributed by atoms with van der Waals surface area (Å²) >= 11 is 3.22. The molecule has 0 aliphatic carbocycles. The summed E-state index contributed by atoms with van der Waals surface area (Å²) < 4.78 is 5.64. The normalized spacial score (nSPS) is 9.50. The van der Waals surface area contributed by atoms with E-state index in [9.17, 15) is 0 Å². The molecule has 0 unspecified atom stereocenters. The Kier molecular flexibility index (Phi) is 2.21. The van der Waals surface area contributed by atoms with E-state index >= 15 is 0 Å². The van der Waals surface area contributed by atoms with Crippen LogP contribution in [0.1, 0.15) is 5.82 Å². The second kappa shape index (κ2) is 2.96. The van der Waals surface area contributed by atoms with E-state index < -0.39 is 0 Å². The molecule has 0 fully saturated rings. The Bertz CT molecular complexity index is 219. The number of aryl methyl sites for hydroxylation is 1. The van der Waals surface area contributed by atoms with Crippen LogP contribution in [0.25, 0.3) is 0 Å². The molecule has 3 nitrogen and oxygen atoms in total. The molecule has 4 heteroatoms. The molecular formula is C6H7BrN2O. The van der Waals surface area contributed by atoms with Crippen molar-refractivity contribution in [2.75, 3.05) is 7.11 Å². The van der Waals surface area contributed by atoms with E-state index in [4.69, 9.17) is 4.74 Å². The van der Waals surface area contributed by atoms with Gasteiger partial charge in [-0.1, -0.05) is 0 Å². The molecule has 1 aromatic rings. The highest BCUT2D eigenvalue weighted by molar-refractivity contribution is 9.10. The number of aromatic nitrogens is 2. The third-order valence-corrected chi connectivity index (χ3v) is 1.40. The van der Waals surface area contributed by atoms with Crippen LogP contribution in [-0.2, 0) is 0 Å². The number of hydrogen-bond acceptors (Lipinski definition) is 3. The molecular weight excluding hydrogens is 196 g/mol. The molecule has 54 valence electrons. The van der Waals surface area contributed by atoms with Crippen molar-refractivity contribution >= 4 is 15.9 Å². The minimum absolute atomic E-state index is 0.583. The SMILES string of the molecule is COc1cc(Br)nc(C)n1. The Morgan fingerprint density at radius 2 is 2.20 bits per heavy atom. The first-order valence-corrected chi connectivity index (χ1v) is 3.57. The van der Waals surface area contributed by atoms with Crippen molar-refractivity contribution in [1.82, 2.24) is 9.97 Å². The van der Waals surface area contributed by atoms with Crippen molar-refractivity contribution in [3.63, 3.8) is 0 Å². The van der Waals surface area contributed by atoms with E-state index in [-0.39, 0.29) is 0 Å². The fourth-order valence-corrected chi connectivity index (χ4v) is 1.06. The lowest BCUT2D eigenvalue weighted by Gasteiger charge is -1.98. The predicted octanol–water partition coefficient (Wildman–Crippen LogP) is 1.56. The average molecular weight is 203 g/mol. The number of methoxy groups -OCH3 is 1. The zero-order valence-electron chi connectivity index (χ0n) is 5.76. The Balaban J connectivity index is 3.06. The third-order valence-electron chi connectivity index (χ3n) is 0.992. The summed E-state index contributed by atoms with van der Waals surface area (Å²) in [6, 6.07) is 1.72. The van der Waals surface area contributed by atoms with E-state index in [1.807, 2.05) is 6.92 Å². The molecule has 1 aromatic heterocycles. The van der Waals surface area contributed by atoms with Crippen LogP contribution in [-0.4, -0.2) is 17.1 Å². The summed E-state index contributed by atoms with van der Waals surface area (Å²) in [5.41, 5.74) is 0. The summed E-state index contributed by atoms with van der Waals surface area (Å²) in [6.45, 7) is 1.81. The second-order valence-electron chi connectivity index (χ2n) is 1.78. The molecule has 0 aromatic carbocycles. The average Bonchev–Trinajstić information content (AvgIpc) is 1.85. The highest BCUT2D eigenvalue weighted by atomic mass is 79.9. The summed E-state index contributed by atoms with van der Waals surface area (Å²) in [6.07, 6.45) is 0. The van der Waals surface area contributed by atoms with E-state index in [0.29, 0.717) is 11.7 Å². The molecule has 0 radical (unpaired) electrons. The standard InChI is InChI=1S/C6H7BrN2O/c1-4-8-5(7)3-6(9-4)10-2/h3H,1-2H3. The Morgan fingerprint density at radius 3 is 2.70 bits per heavy atom. The van der Waals surface area contributed by atoms with Crippen molar-refractivity contribution in [2.24, 2.45) is 0 Å². The molecule has 0 aliphatic heterocycles. The van der Waals surface area contributed by atoms with E-state index in [1.54, 1.807) is 13.2 Å². The van der Waals surface area contributed by atoms with Crippen molar-refractivity contribution < 1.29 is 4.74 Å². The van der Waals surface area contributed by atoms with Gasteiger partial charge < -0.3 is 4.74 Å². The van der Waals surface area contributed by atoms with Crippen LogP contribution in [0.2, 0.25) is 0 Å². The number of nitrogens with zero attached hydrogens (tertiary/aromatic N) is 2. The lowest BCUT2D eigenvalue weighted by Crippen LogP contribution is -1.92. The van der Waals surface area contributed by atoms with Gasteiger partial charge in [0.05, 0.1) is 7.11 Å². The second-order valence-corrected chi connectivity index (χ2v) is 2.59. The van der Waals surface area contributed by atoms with Crippen LogP contribution >= 0.6 is 15.9 Å². The maximum Gasteiger partial charge on any atom is 0.217 e. The zero-order chi connectivity index (χ0) is 7.56. The highest BCUT2D eigenvalue weighted by Gasteiger charge is 1.96. The summed E-state index contributed by atoms with van der Waals surface area (Å²) in [5.74, 6) is 1.28. The number of halogens is 1. The van der Waals surface area contributed by atoms with Gasteiger partial charge in [0.25, 0.3) is 0 Å². The first-order chi connectivity index (χ1) is 4.72. The number of rotatable bonds is 1. The molecule has 0 N–H and O–H groups in total. The Hall–Kier alpha value is -0.640. The molecule has 0 atom stereocenters. The van der Waals surface area contributed by atoms with Crippen LogP contribution in [0.4, 0.5) is 0 Å². The lowest BCUT2D eigenvalue weighted by molar-refractivity contribution is 0.395. The monoisotopic (exact) mass is 202 g/mol. The van der Waals surface area contributed by atoms with Gasteiger partial charge >= 0.3 is 0 Å². The highest BCUT2D eigenvalue weighted by Crippen LogP contribution is 2.12. The van der Waals surface area contributed by atoms with Gasteiger partial charge in [-0.15, -0.1) is 0 Å². The molecule has 0 aliphatic rings. The van der Waals surface area contributed by atoms with Gasteiger partial charge in [0, 0.05) is 6.07 Å². The van der Waals surface area contributed by atoms with E-state index in [1.165, 1.54) is 0 Å². The number of hydrogen-bond donors (Lipinski definition) is 0. The van der Waals surface area contributed by atoms with Crippen LogP contribution in [0.15, 0.2) is 10.7 Å². The topological polar surface area (TPSA) is 35.0 Å². The van der Waals surface area contributed by atoms with Crippen LogP contribution in [0.5, 0.6) is 5.88 Å². The maximum absolute atomic E-state index is 4.89. The summed E-state index contributed by atoms with van der Waals surface area (Å²) in [5, 5.41) is 0. The molecule has 10 heavy (non-hydrogen) atoms. The zero-order valence-corrected chi connectivity index (χ0v) is 7.34. The predicted molar refractivity (Wildman–Crippen MR) is 41.0 cm³/mol. The smallest absolute Gasteiger partial charge is 0.217 e. The van der Waals surface area contributed by atoms with Gasteiger partial charge in [0.15, 0.2) is 0 Å². The summed E-state index contributed by atoms with van der Waals surface area (Å²) in [4.78, 5) is 8.00. The van der Waals surface area contributed by atoms with E-state index in [0.717, 1.165) is 4.60 Å². The molecule has 0 saturated heterocycles. The maximum atomic E-state index is 4.89. The first-order valence-electron chi connectivity index (χ1n) is 2.77. The molecule has 1 rings (SSSR count). The van der Waals surface area contributed by atoms with Crippen molar-refractivity contribution in [1.29, 1.82) is 0 Å². The van der Waals surface area contributed by atoms with E-state index in [2.05, 4.69) is 25.9 Å². The fraction of sp³-hybridized carbons (Fsp3) is 0.333. The van der Waals surface area contributed by atoms with Crippen molar-refractivity contribution in [3.05, 3.63) is 16.5 Å². The van der Waals surface area contributed by atoms with Gasteiger partial charge in [0.1, 0.15) is 10.4 Å². The number of ether oxygens (including phenoxy) is 1. The first kappa shape index (κ1) is 7.47.